The Morgan fingerprint density at radius 1 is 1.55 bits per heavy atom. The van der Waals surface area contributed by atoms with Crippen LogP contribution in [0.3, 0.4) is 0 Å². The Morgan fingerprint density at radius 2 is 2.30 bits per heavy atom. The highest BCUT2D eigenvalue weighted by Crippen LogP contribution is 2.18. The lowest BCUT2D eigenvalue weighted by Gasteiger charge is -2.26. The van der Waals surface area contributed by atoms with Crippen molar-refractivity contribution in [3.05, 3.63) is 18.0 Å². The zero-order valence-electron chi connectivity index (χ0n) is 12.8. The van der Waals surface area contributed by atoms with Crippen LogP contribution >= 0.6 is 0 Å². The first-order chi connectivity index (χ1) is 9.52. The number of aromatic nitrogens is 1. The van der Waals surface area contributed by atoms with Crippen LogP contribution in [0, 0.1) is 0 Å². The lowest BCUT2D eigenvalue weighted by atomic mass is 10.2. The molecule has 0 radical (unpaired) electrons. The Morgan fingerprint density at radius 3 is 2.90 bits per heavy atom. The minimum absolute atomic E-state index is 0.0652. The van der Waals surface area contributed by atoms with E-state index in [1.807, 2.05) is 22.7 Å². The maximum atomic E-state index is 12.6. The maximum Gasteiger partial charge on any atom is 0.270 e. The topological polar surface area (TPSA) is 54.5 Å². The Bertz CT molecular complexity index is 468. The largest absolute Gasteiger partial charge is 0.397 e. The van der Waals surface area contributed by atoms with Gasteiger partial charge in [0.05, 0.1) is 5.69 Å². The molecule has 1 saturated heterocycles. The molecule has 1 fully saturated rings. The second-order valence-corrected chi connectivity index (χ2v) is 5.81. The zero-order valence-corrected chi connectivity index (χ0v) is 12.8. The van der Waals surface area contributed by atoms with Crippen LogP contribution in [-0.2, 0) is 6.54 Å². The number of hydrogen-bond acceptors (Lipinski definition) is 3. The molecule has 1 aliphatic heterocycles. The molecule has 1 aromatic rings. The van der Waals surface area contributed by atoms with Crippen LogP contribution in [-0.4, -0.2) is 53.5 Å². The van der Waals surface area contributed by atoms with Crippen LogP contribution in [0.5, 0.6) is 0 Å². The number of likely N-dealkylation sites (tertiary alicyclic amines) is 1. The van der Waals surface area contributed by atoms with Crippen LogP contribution < -0.4 is 5.73 Å². The number of amides is 1. The Labute approximate surface area is 121 Å². The number of carbonyl (C=O) groups excluding carboxylic acids is 1. The van der Waals surface area contributed by atoms with Crippen molar-refractivity contribution in [3.8, 4) is 0 Å². The highest BCUT2D eigenvalue weighted by atomic mass is 16.2. The molecular formula is C15H26N4O. The van der Waals surface area contributed by atoms with Crippen LogP contribution in [0.2, 0.25) is 0 Å². The molecule has 0 saturated carbocycles. The molecule has 0 aliphatic carbocycles. The summed E-state index contributed by atoms with van der Waals surface area (Å²) in [6.45, 7) is 4.84. The number of rotatable bonds is 5. The highest BCUT2D eigenvalue weighted by molar-refractivity contribution is 5.93. The van der Waals surface area contributed by atoms with E-state index in [0.717, 1.165) is 26.1 Å². The van der Waals surface area contributed by atoms with E-state index in [2.05, 4.69) is 18.9 Å². The second kappa shape index (κ2) is 6.31. The van der Waals surface area contributed by atoms with Crippen molar-refractivity contribution in [2.24, 2.45) is 0 Å². The zero-order chi connectivity index (χ0) is 14.7. The van der Waals surface area contributed by atoms with E-state index in [4.69, 9.17) is 5.73 Å². The molecule has 2 rings (SSSR count). The third-order valence-electron chi connectivity index (χ3n) is 4.10. The number of anilines is 1. The van der Waals surface area contributed by atoms with E-state index < -0.39 is 0 Å². The van der Waals surface area contributed by atoms with Gasteiger partial charge in [0, 0.05) is 32.4 Å². The van der Waals surface area contributed by atoms with Crippen LogP contribution in [0.4, 0.5) is 5.69 Å². The number of hydrogen-bond donors (Lipinski definition) is 1. The number of likely N-dealkylation sites (N-methyl/N-ethyl adjacent to an activating group) is 2. The van der Waals surface area contributed by atoms with Crippen molar-refractivity contribution in [1.29, 1.82) is 0 Å². The Hall–Kier alpha value is -1.49. The van der Waals surface area contributed by atoms with E-state index in [0.29, 0.717) is 17.4 Å². The van der Waals surface area contributed by atoms with Gasteiger partial charge >= 0.3 is 0 Å². The van der Waals surface area contributed by atoms with Crippen molar-refractivity contribution in [2.75, 3.05) is 32.9 Å². The fraction of sp³-hybridized carbons (Fsp3) is 0.667. The predicted molar refractivity (Wildman–Crippen MR) is 81.7 cm³/mol. The number of carbonyl (C=O) groups is 1. The van der Waals surface area contributed by atoms with Crippen molar-refractivity contribution < 1.29 is 4.79 Å². The third-order valence-corrected chi connectivity index (χ3v) is 4.10. The average Bonchev–Trinajstić information content (AvgIpc) is 2.96. The molecule has 1 atom stereocenters. The molecule has 1 aromatic heterocycles. The van der Waals surface area contributed by atoms with Gasteiger partial charge in [0.1, 0.15) is 5.69 Å². The third kappa shape index (κ3) is 3.15. The molecule has 2 N–H and O–H groups in total. The number of nitrogens with two attached hydrogens (primary N) is 1. The van der Waals surface area contributed by atoms with E-state index in [1.54, 1.807) is 6.07 Å². The summed E-state index contributed by atoms with van der Waals surface area (Å²) in [5.74, 6) is 0.0652. The highest BCUT2D eigenvalue weighted by Gasteiger charge is 2.25. The second-order valence-electron chi connectivity index (χ2n) is 5.81. The van der Waals surface area contributed by atoms with Gasteiger partial charge in [-0.1, -0.05) is 6.92 Å². The fourth-order valence-electron chi connectivity index (χ4n) is 2.94. The summed E-state index contributed by atoms with van der Waals surface area (Å²) in [4.78, 5) is 16.7. The van der Waals surface area contributed by atoms with Gasteiger partial charge in [0.2, 0.25) is 0 Å². The summed E-state index contributed by atoms with van der Waals surface area (Å²) >= 11 is 0. The summed E-state index contributed by atoms with van der Waals surface area (Å²) < 4.78 is 1.96. The monoisotopic (exact) mass is 278 g/mol. The molecule has 1 unspecified atom stereocenters. The van der Waals surface area contributed by atoms with Crippen LogP contribution in [0.25, 0.3) is 0 Å². The molecular weight excluding hydrogens is 252 g/mol. The molecule has 5 heteroatoms. The smallest absolute Gasteiger partial charge is 0.270 e. The maximum absolute atomic E-state index is 12.6. The van der Waals surface area contributed by atoms with E-state index in [9.17, 15) is 4.79 Å². The lowest BCUT2D eigenvalue weighted by molar-refractivity contribution is 0.0750. The average molecular weight is 278 g/mol. The molecule has 0 spiro atoms. The van der Waals surface area contributed by atoms with Gasteiger partial charge in [-0.3, -0.25) is 4.79 Å². The molecule has 1 amide bonds. The van der Waals surface area contributed by atoms with Crippen molar-refractivity contribution in [2.45, 2.75) is 38.8 Å². The van der Waals surface area contributed by atoms with Gasteiger partial charge in [0.15, 0.2) is 0 Å². The summed E-state index contributed by atoms with van der Waals surface area (Å²) in [5.41, 5.74) is 7.20. The van der Waals surface area contributed by atoms with Crippen LogP contribution in [0.1, 0.15) is 36.7 Å². The van der Waals surface area contributed by atoms with Gasteiger partial charge in [-0.2, -0.15) is 0 Å². The lowest BCUT2D eigenvalue weighted by Crippen LogP contribution is -2.40. The normalized spacial score (nSPS) is 19.4. The van der Waals surface area contributed by atoms with Crippen molar-refractivity contribution >= 4 is 11.6 Å². The molecule has 112 valence electrons. The van der Waals surface area contributed by atoms with Gasteiger partial charge < -0.3 is 20.1 Å². The first-order valence-corrected chi connectivity index (χ1v) is 7.44. The van der Waals surface area contributed by atoms with Crippen LogP contribution in [0.15, 0.2) is 12.3 Å². The number of aryl methyl sites for hydroxylation is 1. The quantitative estimate of drug-likeness (QED) is 0.891. The minimum Gasteiger partial charge on any atom is -0.397 e. The van der Waals surface area contributed by atoms with Gasteiger partial charge in [-0.05, 0) is 38.9 Å². The minimum atomic E-state index is 0.0652. The van der Waals surface area contributed by atoms with E-state index >= 15 is 0 Å². The molecule has 0 bridgehead atoms. The van der Waals surface area contributed by atoms with E-state index in [1.165, 1.54) is 12.8 Å². The van der Waals surface area contributed by atoms with Gasteiger partial charge in [-0.25, -0.2) is 0 Å². The SMILES string of the molecule is CCCn1cc(N)cc1C(=O)N(C)CC1CCCN1C. The summed E-state index contributed by atoms with van der Waals surface area (Å²) in [7, 11) is 4.02. The fourth-order valence-corrected chi connectivity index (χ4v) is 2.94. The molecule has 20 heavy (non-hydrogen) atoms. The first-order valence-electron chi connectivity index (χ1n) is 7.44. The standard InChI is InChI=1S/C15H26N4O/c1-4-7-19-10-12(16)9-14(19)15(20)18(3)11-13-6-5-8-17(13)2/h9-10,13H,4-8,11,16H2,1-3H3. The Kier molecular flexibility index (Phi) is 4.70. The summed E-state index contributed by atoms with van der Waals surface area (Å²) in [6.07, 6.45) is 5.24. The van der Waals surface area contributed by atoms with Crippen molar-refractivity contribution in [1.82, 2.24) is 14.4 Å². The van der Waals surface area contributed by atoms with E-state index in [-0.39, 0.29) is 5.91 Å². The summed E-state index contributed by atoms with van der Waals surface area (Å²) in [6, 6.07) is 2.27. The molecule has 1 aliphatic rings. The first kappa shape index (κ1) is 14.9. The molecule has 2 heterocycles. The van der Waals surface area contributed by atoms with Gasteiger partial charge in [0.25, 0.3) is 5.91 Å². The number of nitrogens with zero attached hydrogens (tertiary/aromatic N) is 3. The number of nitrogen functional groups attached to an aromatic ring is 1. The Balaban J connectivity index is 2.06. The molecule has 5 nitrogen and oxygen atoms in total. The predicted octanol–water partition coefficient (Wildman–Crippen LogP) is 1.65. The summed E-state index contributed by atoms with van der Waals surface area (Å²) in [5, 5.41) is 0. The molecule has 0 aromatic carbocycles. The van der Waals surface area contributed by atoms with Crippen molar-refractivity contribution in [3.63, 3.8) is 0 Å². The van der Waals surface area contributed by atoms with Gasteiger partial charge in [-0.15, -0.1) is 0 Å².